The molecule has 0 aliphatic heterocycles. The standard InChI is InChI=1S/C12H18FN3O/c1-4-16(8(2)3)10-7-5-6-9(13)11(10)12(14)15-17/h5-8,17H,4H2,1-3H3,(H2,14,15). The van der Waals surface area contributed by atoms with Crippen molar-refractivity contribution in [2.45, 2.75) is 26.8 Å². The first-order valence-electron chi connectivity index (χ1n) is 5.56. The van der Waals surface area contributed by atoms with Crippen LogP contribution in [0.2, 0.25) is 0 Å². The second-order valence-corrected chi connectivity index (χ2v) is 4.00. The lowest BCUT2D eigenvalue weighted by molar-refractivity contribution is 0.318. The van der Waals surface area contributed by atoms with Crippen LogP contribution in [0.3, 0.4) is 0 Å². The molecule has 0 saturated carbocycles. The van der Waals surface area contributed by atoms with E-state index in [2.05, 4.69) is 5.16 Å². The molecule has 0 fully saturated rings. The van der Waals surface area contributed by atoms with E-state index >= 15 is 0 Å². The van der Waals surface area contributed by atoms with Crippen molar-refractivity contribution in [3.05, 3.63) is 29.6 Å². The van der Waals surface area contributed by atoms with E-state index in [0.29, 0.717) is 12.2 Å². The van der Waals surface area contributed by atoms with Gasteiger partial charge < -0.3 is 15.8 Å². The van der Waals surface area contributed by atoms with Crippen LogP contribution in [-0.2, 0) is 0 Å². The molecule has 0 bridgehead atoms. The molecule has 0 spiro atoms. The van der Waals surface area contributed by atoms with Gasteiger partial charge in [0.1, 0.15) is 5.82 Å². The van der Waals surface area contributed by atoms with Crippen molar-refractivity contribution in [1.82, 2.24) is 0 Å². The van der Waals surface area contributed by atoms with E-state index in [0.717, 1.165) is 0 Å². The number of nitrogens with zero attached hydrogens (tertiary/aromatic N) is 2. The Hall–Kier alpha value is -1.78. The molecular weight excluding hydrogens is 221 g/mol. The number of amidine groups is 1. The summed E-state index contributed by atoms with van der Waals surface area (Å²) in [5, 5.41) is 11.6. The minimum Gasteiger partial charge on any atom is -0.409 e. The van der Waals surface area contributed by atoms with Crippen molar-refractivity contribution < 1.29 is 9.60 Å². The van der Waals surface area contributed by atoms with Crippen LogP contribution in [0.15, 0.2) is 23.4 Å². The van der Waals surface area contributed by atoms with Crippen molar-refractivity contribution in [2.75, 3.05) is 11.4 Å². The van der Waals surface area contributed by atoms with Crippen molar-refractivity contribution in [2.24, 2.45) is 10.9 Å². The fraction of sp³-hybridized carbons (Fsp3) is 0.417. The number of anilines is 1. The lowest BCUT2D eigenvalue weighted by Gasteiger charge is -2.29. The zero-order valence-electron chi connectivity index (χ0n) is 10.3. The van der Waals surface area contributed by atoms with Gasteiger partial charge in [-0.05, 0) is 32.9 Å². The maximum Gasteiger partial charge on any atom is 0.175 e. The van der Waals surface area contributed by atoms with Crippen LogP contribution in [0.5, 0.6) is 0 Å². The van der Waals surface area contributed by atoms with E-state index < -0.39 is 5.82 Å². The highest BCUT2D eigenvalue weighted by Gasteiger charge is 2.18. The smallest absolute Gasteiger partial charge is 0.175 e. The number of oxime groups is 1. The van der Waals surface area contributed by atoms with Gasteiger partial charge in [0.05, 0.1) is 11.3 Å². The van der Waals surface area contributed by atoms with Crippen LogP contribution >= 0.6 is 0 Å². The summed E-state index contributed by atoms with van der Waals surface area (Å²) in [4.78, 5) is 1.98. The molecule has 4 nitrogen and oxygen atoms in total. The van der Waals surface area contributed by atoms with Crippen molar-refractivity contribution in [3.63, 3.8) is 0 Å². The molecule has 1 rings (SSSR count). The highest BCUT2D eigenvalue weighted by Crippen LogP contribution is 2.24. The van der Waals surface area contributed by atoms with Crippen LogP contribution < -0.4 is 10.6 Å². The SMILES string of the molecule is CCN(c1cccc(F)c1C(N)=NO)C(C)C. The predicted octanol–water partition coefficient (Wildman–Crippen LogP) is 2.15. The molecule has 5 heteroatoms. The van der Waals surface area contributed by atoms with Crippen LogP contribution in [0.25, 0.3) is 0 Å². The minimum absolute atomic E-state index is 0.144. The third-order valence-electron chi connectivity index (χ3n) is 2.63. The fourth-order valence-corrected chi connectivity index (χ4v) is 1.87. The van der Waals surface area contributed by atoms with Gasteiger partial charge in [-0.3, -0.25) is 0 Å². The second kappa shape index (κ2) is 5.52. The number of hydrogen-bond donors (Lipinski definition) is 2. The predicted molar refractivity (Wildman–Crippen MR) is 67.1 cm³/mol. The Bertz CT molecular complexity index is 418. The average molecular weight is 239 g/mol. The molecule has 0 saturated heterocycles. The van der Waals surface area contributed by atoms with Crippen molar-refractivity contribution in [1.29, 1.82) is 0 Å². The van der Waals surface area contributed by atoms with Gasteiger partial charge >= 0.3 is 0 Å². The summed E-state index contributed by atoms with van der Waals surface area (Å²) in [7, 11) is 0. The highest BCUT2D eigenvalue weighted by molar-refractivity contribution is 6.02. The summed E-state index contributed by atoms with van der Waals surface area (Å²) < 4.78 is 13.7. The van der Waals surface area contributed by atoms with Crippen LogP contribution in [0, 0.1) is 5.82 Å². The van der Waals surface area contributed by atoms with Gasteiger partial charge in [0.2, 0.25) is 0 Å². The normalized spacial score (nSPS) is 11.9. The van der Waals surface area contributed by atoms with Crippen molar-refractivity contribution in [3.8, 4) is 0 Å². The van der Waals surface area contributed by atoms with Gasteiger partial charge in [-0.2, -0.15) is 0 Å². The van der Waals surface area contributed by atoms with Gasteiger partial charge in [0, 0.05) is 12.6 Å². The Morgan fingerprint density at radius 3 is 2.65 bits per heavy atom. The monoisotopic (exact) mass is 239 g/mol. The van der Waals surface area contributed by atoms with Crippen LogP contribution in [0.1, 0.15) is 26.3 Å². The molecule has 0 heterocycles. The zero-order chi connectivity index (χ0) is 13.0. The Labute approximate surface area is 101 Å². The highest BCUT2D eigenvalue weighted by atomic mass is 19.1. The first-order chi connectivity index (χ1) is 8.02. The molecule has 0 aliphatic carbocycles. The third-order valence-corrected chi connectivity index (χ3v) is 2.63. The van der Waals surface area contributed by atoms with Gasteiger partial charge in [0.25, 0.3) is 0 Å². The Kier molecular flexibility index (Phi) is 4.31. The maximum absolute atomic E-state index is 13.7. The molecule has 3 N–H and O–H groups in total. The number of rotatable bonds is 4. The largest absolute Gasteiger partial charge is 0.409 e. The summed E-state index contributed by atoms with van der Waals surface area (Å²) >= 11 is 0. The average Bonchev–Trinajstić information content (AvgIpc) is 2.29. The Morgan fingerprint density at radius 2 is 2.18 bits per heavy atom. The van der Waals surface area contributed by atoms with Gasteiger partial charge in [-0.15, -0.1) is 0 Å². The molecule has 0 unspecified atom stereocenters. The van der Waals surface area contributed by atoms with E-state index in [1.165, 1.54) is 6.07 Å². The minimum atomic E-state index is -0.489. The first-order valence-corrected chi connectivity index (χ1v) is 5.56. The molecular formula is C12H18FN3O. The van der Waals surface area contributed by atoms with Gasteiger partial charge in [-0.1, -0.05) is 11.2 Å². The van der Waals surface area contributed by atoms with Gasteiger partial charge in [-0.25, -0.2) is 4.39 Å². The maximum atomic E-state index is 13.7. The zero-order valence-corrected chi connectivity index (χ0v) is 10.3. The Morgan fingerprint density at radius 1 is 1.53 bits per heavy atom. The molecule has 0 aromatic heterocycles. The fourth-order valence-electron chi connectivity index (χ4n) is 1.87. The van der Waals surface area contributed by atoms with Gasteiger partial charge in [0.15, 0.2) is 5.84 Å². The third kappa shape index (κ3) is 2.67. The number of hydrogen-bond acceptors (Lipinski definition) is 3. The molecule has 0 amide bonds. The lowest BCUT2D eigenvalue weighted by atomic mass is 10.1. The summed E-state index contributed by atoms with van der Waals surface area (Å²) in [5.74, 6) is -0.700. The Balaban J connectivity index is 3.37. The van der Waals surface area contributed by atoms with E-state index in [-0.39, 0.29) is 17.4 Å². The molecule has 1 aromatic rings. The summed E-state index contributed by atoms with van der Waals surface area (Å²) in [6, 6.07) is 4.88. The quantitative estimate of drug-likeness (QED) is 0.366. The molecule has 17 heavy (non-hydrogen) atoms. The van der Waals surface area contributed by atoms with Crippen LogP contribution in [0.4, 0.5) is 10.1 Å². The number of benzene rings is 1. The van der Waals surface area contributed by atoms with E-state index in [9.17, 15) is 4.39 Å². The van der Waals surface area contributed by atoms with E-state index in [4.69, 9.17) is 10.9 Å². The number of nitrogens with two attached hydrogens (primary N) is 1. The summed E-state index contributed by atoms with van der Waals surface area (Å²) in [6.07, 6.45) is 0. The first kappa shape index (κ1) is 13.3. The molecule has 0 radical (unpaired) electrons. The summed E-state index contributed by atoms with van der Waals surface area (Å²) in [6.45, 7) is 6.70. The number of halogens is 1. The second-order valence-electron chi connectivity index (χ2n) is 4.00. The molecule has 0 aliphatic rings. The topological polar surface area (TPSA) is 61.8 Å². The molecule has 0 atom stereocenters. The summed E-state index contributed by atoms with van der Waals surface area (Å²) in [5.41, 5.74) is 6.30. The molecule has 1 aromatic carbocycles. The van der Waals surface area contributed by atoms with Crippen molar-refractivity contribution >= 4 is 11.5 Å². The molecule has 94 valence electrons. The van der Waals surface area contributed by atoms with E-state index in [1.54, 1.807) is 12.1 Å². The van der Waals surface area contributed by atoms with Crippen LogP contribution in [-0.4, -0.2) is 23.6 Å². The lowest BCUT2D eigenvalue weighted by Crippen LogP contribution is -2.33. The van der Waals surface area contributed by atoms with E-state index in [1.807, 2.05) is 25.7 Å².